The van der Waals surface area contributed by atoms with E-state index in [0.717, 1.165) is 11.3 Å². The van der Waals surface area contributed by atoms with Crippen LogP contribution in [0.5, 0.6) is 0 Å². The van der Waals surface area contributed by atoms with E-state index in [9.17, 15) is 13.2 Å². The average Bonchev–Trinajstić information content (AvgIpc) is 3.19. The molecule has 0 spiro atoms. The molecule has 0 fully saturated rings. The molecule has 3 aromatic rings. The summed E-state index contributed by atoms with van der Waals surface area (Å²) in [7, 11) is -3.36. The van der Waals surface area contributed by atoms with E-state index in [1.54, 1.807) is 42.9 Å². The monoisotopic (exact) mass is 479 g/mol. The SMILES string of the molecule is CCS(=O)(=O)Nc1ccc(NC(=O)CSc2nncn2-c2ccc(C)c(Cl)c2)cc1C. The number of carbonyl (C=O) groups excluding carboxylic acids is 1. The predicted molar refractivity (Wildman–Crippen MR) is 125 cm³/mol. The lowest BCUT2D eigenvalue weighted by atomic mass is 10.2. The van der Waals surface area contributed by atoms with E-state index in [4.69, 9.17) is 11.6 Å². The highest BCUT2D eigenvalue weighted by atomic mass is 35.5. The number of aryl methyl sites for hydroxylation is 2. The number of anilines is 2. The van der Waals surface area contributed by atoms with Crippen molar-refractivity contribution in [3.8, 4) is 5.69 Å². The highest BCUT2D eigenvalue weighted by Gasteiger charge is 2.13. The second-order valence-electron chi connectivity index (χ2n) is 6.79. The Morgan fingerprint density at radius 1 is 1.16 bits per heavy atom. The number of hydrogen-bond donors (Lipinski definition) is 2. The Morgan fingerprint density at radius 2 is 1.94 bits per heavy atom. The molecule has 0 bridgehead atoms. The number of thioether (sulfide) groups is 1. The summed E-state index contributed by atoms with van der Waals surface area (Å²) >= 11 is 7.45. The molecule has 0 saturated carbocycles. The fourth-order valence-electron chi connectivity index (χ4n) is 2.65. The van der Waals surface area contributed by atoms with Crippen molar-refractivity contribution in [3.05, 3.63) is 58.9 Å². The number of carbonyl (C=O) groups is 1. The van der Waals surface area contributed by atoms with Crippen LogP contribution in [-0.2, 0) is 14.8 Å². The summed E-state index contributed by atoms with van der Waals surface area (Å²) in [6.07, 6.45) is 1.57. The van der Waals surface area contributed by atoms with Crippen molar-refractivity contribution in [2.45, 2.75) is 25.9 Å². The molecule has 1 heterocycles. The Kier molecular flexibility index (Phi) is 7.24. The van der Waals surface area contributed by atoms with Crippen molar-refractivity contribution >= 4 is 50.7 Å². The number of aromatic nitrogens is 3. The van der Waals surface area contributed by atoms with E-state index in [1.165, 1.54) is 11.8 Å². The van der Waals surface area contributed by atoms with Gasteiger partial charge in [0.25, 0.3) is 0 Å². The Balaban J connectivity index is 1.63. The third-order valence-corrected chi connectivity index (χ3v) is 7.08. The van der Waals surface area contributed by atoms with E-state index in [2.05, 4.69) is 20.2 Å². The Morgan fingerprint density at radius 3 is 2.61 bits per heavy atom. The molecule has 31 heavy (non-hydrogen) atoms. The normalized spacial score (nSPS) is 11.4. The van der Waals surface area contributed by atoms with Gasteiger partial charge in [0, 0.05) is 10.7 Å². The molecule has 0 unspecified atom stereocenters. The van der Waals surface area contributed by atoms with Gasteiger partial charge >= 0.3 is 0 Å². The zero-order valence-corrected chi connectivity index (χ0v) is 19.6. The summed E-state index contributed by atoms with van der Waals surface area (Å²) in [5.74, 6) is -0.105. The zero-order valence-electron chi connectivity index (χ0n) is 17.2. The van der Waals surface area contributed by atoms with Crippen molar-refractivity contribution in [2.75, 3.05) is 21.5 Å². The molecule has 0 aliphatic carbocycles. The smallest absolute Gasteiger partial charge is 0.234 e. The van der Waals surface area contributed by atoms with Crippen molar-refractivity contribution < 1.29 is 13.2 Å². The van der Waals surface area contributed by atoms with Crippen molar-refractivity contribution in [1.29, 1.82) is 0 Å². The fourth-order valence-corrected chi connectivity index (χ4v) is 4.27. The first kappa shape index (κ1) is 23.1. The number of sulfonamides is 1. The molecule has 1 amide bonds. The van der Waals surface area contributed by atoms with E-state index in [0.29, 0.717) is 27.1 Å². The molecule has 11 heteroatoms. The third-order valence-electron chi connectivity index (χ3n) is 4.44. The Hall–Kier alpha value is -2.56. The lowest BCUT2D eigenvalue weighted by molar-refractivity contribution is -0.113. The lowest BCUT2D eigenvalue weighted by Crippen LogP contribution is -2.16. The number of nitrogens with zero attached hydrogens (tertiary/aromatic N) is 3. The van der Waals surface area contributed by atoms with Gasteiger partial charge in [-0.2, -0.15) is 0 Å². The topological polar surface area (TPSA) is 106 Å². The first-order chi connectivity index (χ1) is 14.7. The second kappa shape index (κ2) is 9.71. The van der Waals surface area contributed by atoms with E-state index >= 15 is 0 Å². The summed E-state index contributed by atoms with van der Waals surface area (Å²) in [6.45, 7) is 5.26. The van der Waals surface area contributed by atoms with Gasteiger partial charge in [-0.3, -0.25) is 14.1 Å². The standard InChI is InChI=1S/C20H22ClN5O3S2/c1-4-31(28,29)25-18-8-6-15(9-14(18)3)23-19(27)11-30-20-24-22-12-26(20)16-7-5-13(2)17(21)10-16/h5-10,12,25H,4,11H2,1-3H3,(H,23,27). The molecule has 0 saturated heterocycles. The van der Waals surface area contributed by atoms with Crippen LogP contribution >= 0.6 is 23.4 Å². The van der Waals surface area contributed by atoms with Gasteiger partial charge in [-0.1, -0.05) is 29.4 Å². The summed E-state index contributed by atoms with van der Waals surface area (Å²) < 4.78 is 27.8. The molecule has 2 N–H and O–H groups in total. The molecule has 0 atom stereocenters. The number of hydrogen-bond acceptors (Lipinski definition) is 6. The molecule has 0 radical (unpaired) electrons. The van der Waals surface area contributed by atoms with Gasteiger partial charge in [-0.25, -0.2) is 8.42 Å². The van der Waals surface area contributed by atoms with E-state index in [1.807, 2.05) is 25.1 Å². The van der Waals surface area contributed by atoms with Crippen LogP contribution in [0.4, 0.5) is 11.4 Å². The third kappa shape index (κ3) is 5.99. The van der Waals surface area contributed by atoms with Crippen LogP contribution in [0, 0.1) is 13.8 Å². The van der Waals surface area contributed by atoms with Gasteiger partial charge in [0.15, 0.2) is 5.16 Å². The second-order valence-corrected chi connectivity index (χ2v) is 10.1. The average molecular weight is 480 g/mol. The largest absolute Gasteiger partial charge is 0.325 e. The highest BCUT2D eigenvalue weighted by Crippen LogP contribution is 2.25. The van der Waals surface area contributed by atoms with E-state index < -0.39 is 10.0 Å². The lowest BCUT2D eigenvalue weighted by Gasteiger charge is -2.12. The molecule has 2 aromatic carbocycles. The first-order valence-corrected chi connectivity index (χ1v) is 12.4. The molecule has 8 nitrogen and oxygen atoms in total. The molecule has 0 aliphatic heterocycles. The number of halogens is 1. The maximum atomic E-state index is 12.4. The van der Waals surface area contributed by atoms with Crippen molar-refractivity contribution in [3.63, 3.8) is 0 Å². The quantitative estimate of drug-likeness (QED) is 0.472. The summed E-state index contributed by atoms with van der Waals surface area (Å²) in [6, 6.07) is 10.6. The van der Waals surface area contributed by atoms with Crippen LogP contribution < -0.4 is 10.0 Å². The van der Waals surface area contributed by atoms with Crippen LogP contribution in [0.3, 0.4) is 0 Å². The van der Waals surface area contributed by atoms with Gasteiger partial charge in [0.2, 0.25) is 15.9 Å². The Labute approximate surface area is 190 Å². The molecule has 0 aliphatic rings. The van der Waals surface area contributed by atoms with Crippen LogP contribution in [0.15, 0.2) is 47.9 Å². The van der Waals surface area contributed by atoms with E-state index in [-0.39, 0.29) is 17.4 Å². The molecular formula is C20H22ClN5O3S2. The minimum absolute atomic E-state index is 0.0123. The summed E-state index contributed by atoms with van der Waals surface area (Å²) in [4.78, 5) is 12.4. The number of amides is 1. The minimum atomic E-state index is -3.36. The van der Waals surface area contributed by atoms with Crippen LogP contribution in [-0.4, -0.2) is 40.6 Å². The molecular weight excluding hydrogens is 458 g/mol. The van der Waals surface area contributed by atoms with Gasteiger partial charge in [-0.05, 0) is 62.2 Å². The van der Waals surface area contributed by atoms with Crippen LogP contribution in [0.1, 0.15) is 18.1 Å². The summed E-state index contributed by atoms with van der Waals surface area (Å²) in [5, 5.41) is 12.0. The number of nitrogens with one attached hydrogen (secondary N) is 2. The van der Waals surface area contributed by atoms with Crippen LogP contribution in [0.2, 0.25) is 5.02 Å². The van der Waals surface area contributed by atoms with Crippen LogP contribution in [0.25, 0.3) is 5.69 Å². The fraction of sp³-hybridized carbons (Fsp3) is 0.250. The number of rotatable bonds is 8. The van der Waals surface area contributed by atoms with Crippen molar-refractivity contribution in [2.24, 2.45) is 0 Å². The Bertz CT molecular complexity index is 1210. The van der Waals surface area contributed by atoms with Gasteiger partial charge in [0.1, 0.15) is 6.33 Å². The predicted octanol–water partition coefficient (Wildman–Crippen LogP) is 4.03. The molecule has 1 aromatic heterocycles. The maximum absolute atomic E-state index is 12.4. The number of benzene rings is 2. The summed E-state index contributed by atoms with van der Waals surface area (Å²) in [5.41, 5.74) is 3.55. The van der Waals surface area contributed by atoms with Gasteiger partial charge < -0.3 is 5.32 Å². The van der Waals surface area contributed by atoms with Gasteiger partial charge in [0.05, 0.1) is 22.9 Å². The van der Waals surface area contributed by atoms with Gasteiger partial charge in [-0.15, -0.1) is 10.2 Å². The van der Waals surface area contributed by atoms with Crippen molar-refractivity contribution in [1.82, 2.24) is 14.8 Å². The minimum Gasteiger partial charge on any atom is -0.325 e. The molecule has 164 valence electrons. The maximum Gasteiger partial charge on any atom is 0.234 e. The first-order valence-electron chi connectivity index (χ1n) is 9.39. The zero-order chi connectivity index (χ0) is 22.6. The highest BCUT2D eigenvalue weighted by molar-refractivity contribution is 7.99. The molecule has 3 rings (SSSR count).